The fraction of sp³-hybridized carbons (Fsp3) is 0.111. The third kappa shape index (κ3) is 10.9. The summed E-state index contributed by atoms with van der Waals surface area (Å²) in [5.41, 5.74) is -1.86. The fourth-order valence-corrected chi connectivity index (χ4v) is 7.87. The predicted octanol–water partition coefficient (Wildman–Crippen LogP) is 8.46. The molecule has 7 rings (SSSR count). The van der Waals surface area contributed by atoms with Crippen LogP contribution in [0.25, 0.3) is 0 Å². The molecule has 0 aliphatic heterocycles. The second-order valence-electron chi connectivity index (χ2n) is 15.4. The highest BCUT2D eigenvalue weighted by molar-refractivity contribution is 6.12. The van der Waals surface area contributed by atoms with Crippen molar-refractivity contribution in [1.82, 2.24) is 0 Å². The highest BCUT2D eigenvalue weighted by Crippen LogP contribution is 2.34. The molecular weight excluding hydrogens is 889 g/mol. The monoisotopic (exact) mass is 930 g/mol. The molecule has 0 saturated carbocycles. The lowest BCUT2D eigenvalue weighted by atomic mass is 9.83. The molecule has 0 bridgehead atoms. The summed E-state index contributed by atoms with van der Waals surface area (Å²) in [7, 11) is 0. The second kappa shape index (κ2) is 21.4. The van der Waals surface area contributed by atoms with E-state index in [0.717, 1.165) is 6.07 Å². The summed E-state index contributed by atoms with van der Waals surface area (Å²) in [5, 5.41) is 64.4. The molecule has 69 heavy (non-hydrogen) atoms. The molecule has 15 nitrogen and oxygen atoms in total. The standard InChI is InChI=1S/C54H42O15/c55-43-28-34(16-19-39(43)49(58)31-10-4-1-5-11-31)67-25-22-37-38(23-26-68-35-17-20-40(44(56)29-35)50(59)32-12-6-2-7-13-32)47(53(63)64)48(54(65)66)42(46(37)52(61)62)24-27-69-36-18-21-41(45(57)30-36)51(60)33-14-8-3-9-15-33/h1-21,28-30,55-57H,22-27H2,(H,61,62)(H,63,64)(H,65,66). The van der Waals surface area contributed by atoms with Gasteiger partial charge in [-0.15, -0.1) is 0 Å². The van der Waals surface area contributed by atoms with Crippen LogP contribution >= 0.6 is 0 Å². The first kappa shape index (κ1) is 47.7. The number of hydrogen-bond donors (Lipinski definition) is 6. The molecule has 0 amide bonds. The summed E-state index contributed by atoms with van der Waals surface area (Å²) < 4.78 is 17.6. The van der Waals surface area contributed by atoms with Gasteiger partial charge in [0.15, 0.2) is 17.3 Å². The third-order valence-corrected chi connectivity index (χ3v) is 11.1. The molecule has 0 heterocycles. The average Bonchev–Trinajstić information content (AvgIpc) is 3.34. The molecule has 6 N–H and O–H groups in total. The van der Waals surface area contributed by atoms with E-state index in [1.54, 1.807) is 91.0 Å². The van der Waals surface area contributed by atoms with Crippen molar-refractivity contribution < 1.29 is 73.6 Å². The van der Waals surface area contributed by atoms with Crippen molar-refractivity contribution in [2.75, 3.05) is 19.8 Å². The van der Waals surface area contributed by atoms with Crippen molar-refractivity contribution in [3.8, 4) is 34.5 Å². The van der Waals surface area contributed by atoms with Gasteiger partial charge in [0.1, 0.15) is 34.5 Å². The Morgan fingerprint density at radius 1 is 0.348 bits per heavy atom. The van der Waals surface area contributed by atoms with Gasteiger partial charge in [0.2, 0.25) is 0 Å². The van der Waals surface area contributed by atoms with Crippen molar-refractivity contribution in [2.45, 2.75) is 19.3 Å². The number of phenolic OH excluding ortho intramolecular Hbond substituents is 3. The van der Waals surface area contributed by atoms with E-state index >= 15 is 0 Å². The highest BCUT2D eigenvalue weighted by Gasteiger charge is 2.33. The van der Waals surface area contributed by atoms with E-state index in [1.807, 2.05) is 0 Å². The number of phenols is 3. The van der Waals surface area contributed by atoms with E-state index in [-0.39, 0.29) is 71.1 Å². The Hall–Kier alpha value is -9.24. The Balaban J connectivity index is 1.20. The van der Waals surface area contributed by atoms with Gasteiger partial charge in [0.05, 0.1) is 53.2 Å². The van der Waals surface area contributed by atoms with Gasteiger partial charge in [0, 0.05) is 54.2 Å². The highest BCUT2D eigenvalue weighted by atomic mass is 16.5. The summed E-state index contributed by atoms with van der Waals surface area (Å²) in [6.07, 6.45) is -1.15. The summed E-state index contributed by atoms with van der Waals surface area (Å²) >= 11 is 0. The summed E-state index contributed by atoms with van der Waals surface area (Å²) in [5.74, 6) is -7.48. The number of hydrogen-bond acceptors (Lipinski definition) is 12. The minimum absolute atomic E-state index is 0.0104. The summed E-state index contributed by atoms with van der Waals surface area (Å²) in [6, 6.07) is 36.5. The zero-order valence-corrected chi connectivity index (χ0v) is 36.5. The minimum Gasteiger partial charge on any atom is -0.507 e. The van der Waals surface area contributed by atoms with E-state index in [2.05, 4.69) is 0 Å². The molecule has 0 atom stereocenters. The maximum atomic E-state index is 13.3. The van der Waals surface area contributed by atoms with Gasteiger partial charge in [-0.05, 0) is 53.1 Å². The topological polar surface area (TPSA) is 251 Å². The molecular formula is C54H42O15. The van der Waals surface area contributed by atoms with Gasteiger partial charge in [-0.3, -0.25) is 14.4 Å². The number of carboxylic acids is 3. The molecule has 0 aromatic heterocycles. The lowest BCUT2D eigenvalue weighted by molar-refractivity contribution is 0.0645. The maximum Gasteiger partial charge on any atom is 0.336 e. The van der Waals surface area contributed by atoms with E-state index < -0.39 is 87.8 Å². The molecule has 348 valence electrons. The van der Waals surface area contributed by atoms with Crippen LogP contribution in [0.4, 0.5) is 0 Å². The van der Waals surface area contributed by atoms with Crippen LogP contribution < -0.4 is 14.2 Å². The van der Waals surface area contributed by atoms with Gasteiger partial charge < -0.3 is 44.8 Å². The van der Waals surface area contributed by atoms with Crippen LogP contribution in [0.15, 0.2) is 146 Å². The molecule has 7 aromatic rings. The largest absolute Gasteiger partial charge is 0.507 e. The number of carbonyl (C=O) groups excluding carboxylic acids is 3. The van der Waals surface area contributed by atoms with Gasteiger partial charge in [-0.1, -0.05) is 91.0 Å². The van der Waals surface area contributed by atoms with Gasteiger partial charge in [-0.2, -0.15) is 0 Å². The Kier molecular flexibility index (Phi) is 14.8. The van der Waals surface area contributed by atoms with Crippen molar-refractivity contribution in [3.63, 3.8) is 0 Å². The molecule has 0 unspecified atom stereocenters. The van der Waals surface area contributed by atoms with Crippen LogP contribution in [-0.4, -0.2) is 85.7 Å². The quantitative estimate of drug-likeness (QED) is 0.0370. The average molecular weight is 931 g/mol. The molecule has 0 fully saturated rings. The van der Waals surface area contributed by atoms with Crippen LogP contribution in [0, 0.1) is 0 Å². The molecule has 7 aromatic carbocycles. The van der Waals surface area contributed by atoms with E-state index in [9.17, 15) is 59.4 Å². The number of rotatable bonds is 21. The molecule has 0 saturated heterocycles. The van der Waals surface area contributed by atoms with Crippen molar-refractivity contribution in [3.05, 3.63) is 212 Å². The molecule has 0 spiro atoms. The lowest BCUT2D eigenvalue weighted by Gasteiger charge is -2.23. The normalized spacial score (nSPS) is 10.8. The van der Waals surface area contributed by atoms with E-state index in [4.69, 9.17) is 14.2 Å². The van der Waals surface area contributed by atoms with Crippen LogP contribution in [0.5, 0.6) is 34.5 Å². The first-order chi connectivity index (χ1) is 33.2. The number of carboxylic acid groups (broad SMARTS) is 3. The van der Waals surface area contributed by atoms with E-state index in [0.29, 0.717) is 16.7 Å². The first-order valence-electron chi connectivity index (χ1n) is 21.3. The Bertz CT molecular complexity index is 3090. The SMILES string of the molecule is O=C(c1ccccc1)c1ccc(OCCc2c(CCOc3ccc(C(=O)c4ccccc4)c(O)c3)c(C(=O)O)c(C(=O)O)c(CCOc3ccc(C(=O)c4ccccc4)c(O)c3)c2C(=O)O)cc1O. The third-order valence-electron chi connectivity index (χ3n) is 11.1. The Labute approximate surface area is 393 Å². The van der Waals surface area contributed by atoms with Gasteiger partial charge in [0.25, 0.3) is 0 Å². The number of carbonyl (C=O) groups is 6. The number of benzene rings is 7. The summed E-state index contributed by atoms with van der Waals surface area (Å²) in [4.78, 5) is 78.6. The summed E-state index contributed by atoms with van der Waals surface area (Å²) in [6.45, 7) is -1.11. The Morgan fingerprint density at radius 2 is 0.623 bits per heavy atom. The fourth-order valence-electron chi connectivity index (χ4n) is 7.87. The smallest absolute Gasteiger partial charge is 0.336 e. The van der Waals surface area contributed by atoms with Crippen LogP contribution in [0.3, 0.4) is 0 Å². The van der Waals surface area contributed by atoms with Gasteiger partial charge >= 0.3 is 17.9 Å². The molecule has 0 radical (unpaired) electrons. The van der Waals surface area contributed by atoms with Gasteiger partial charge in [-0.25, -0.2) is 14.4 Å². The van der Waals surface area contributed by atoms with Crippen LogP contribution in [0.1, 0.15) is 95.5 Å². The van der Waals surface area contributed by atoms with Crippen molar-refractivity contribution >= 4 is 35.3 Å². The zero-order valence-electron chi connectivity index (χ0n) is 36.5. The lowest BCUT2D eigenvalue weighted by Crippen LogP contribution is -2.25. The zero-order chi connectivity index (χ0) is 49.2. The van der Waals surface area contributed by atoms with Crippen LogP contribution in [-0.2, 0) is 19.3 Å². The minimum atomic E-state index is -1.75. The Morgan fingerprint density at radius 3 is 0.913 bits per heavy atom. The van der Waals surface area contributed by atoms with Crippen molar-refractivity contribution in [1.29, 1.82) is 0 Å². The first-order valence-corrected chi connectivity index (χ1v) is 21.3. The van der Waals surface area contributed by atoms with E-state index in [1.165, 1.54) is 48.5 Å². The molecule has 0 aliphatic rings. The van der Waals surface area contributed by atoms with Crippen molar-refractivity contribution in [2.24, 2.45) is 0 Å². The molecule has 0 aliphatic carbocycles. The number of aromatic carboxylic acids is 3. The number of ketones is 3. The van der Waals surface area contributed by atoms with Crippen LogP contribution in [0.2, 0.25) is 0 Å². The predicted molar refractivity (Wildman–Crippen MR) is 249 cm³/mol. The molecule has 15 heteroatoms. The maximum absolute atomic E-state index is 13.3. The number of aromatic hydroxyl groups is 3. The second-order valence-corrected chi connectivity index (χ2v) is 15.4. The number of ether oxygens (including phenoxy) is 3.